The summed E-state index contributed by atoms with van der Waals surface area (Å²) in [5, 5.41) is 3.84. The normalized spacial score (nSPS) is 12.3. The van der Waals surface area contributed by atoms with Crippen LogP contribution in [-0.2, 0) is 0 Å². The number of nitrogens with zero attached hydrogens (tertiary/aromatic N) is 1. The van der Waals surface area contributed by atoms with E-state index >= 15 is 0 Å². The molecule has 4 heteroatoms. The van der Waals surface area contributed by atoms with Crippen LogP contribution in [0.5, 0.6) is 0 Å². The number of halogens is 2. The summed E-state index contributed by atoms with van der Waals surface area (Å²) in [4.78, 5) is 0. The van der Waals surface area contributed by atoms with Crippen LogP contribution in [0.3, 0.4) is 0 Å². The molecule has 0 N–H and O–H groups in total. The quantitative estimate of drug-likeness (QED) is 0.611. The van der Waals surface area contributed by atoms with E-state index in [0.717, 1.165) is 5.56 Å². The molecule has 0 aliphatic rings. The fraction of sp³-hybridized carbons (Fsp3) is 0.400. The van der Waals surface area contributed by atoms with Crippen LogP contribution in [-0.4, -0.2) is 13.0 Å². The third kappa shape index (κ3) is 4.76. The Morgan fingerprint density at radius 1 is 1.21 bits per heavy atom. The molecule has 0 amide bonds. The molecule has 0 unspecified atom stereocenters. The largest absolute Gasteiger partial charge is 1.00 e. The van der Waals surface area contributed by atoms with Crippen molar-refractivity contribution in [1.82, 2.24) is 0 Å². The summed E-state index contributed by atoms with van der Waals surface area (Å²) in [7, 11) is 0. The number of benzene rings is 1. The molecule has 0 radical (unpaired) electrons. The number of hydrogen-bond acceptors (Lipinski definition) is 0. The Hall–Kier alpha value is -0.363. The predicted molar refractivity (Wildman–Crippen MR) is 49.1 cm³/mol. The van der Waals surface area contributed by atoms with Crippen molar-refractivity contribution in [1.29, 1.82) is 0 Å². The van der Waals surface area contributed by atoms with E-state index in [-0.39, 0.29) is 31.4 Å². The molecule has 0 fully saturated rings. The Kier molecular flexibility index (Phi) is 6.82. The van der Waals surface area contributed by atoms with Gasteiger partial charge in [-0.1, -0.05) is 49.4 Å². The van der Waals surface area contributed by atoms with E-state index < -0.39 is 6.43 Å². The van der Waals surface area contributed by atoms with Gasteiger partial charge in [-0.25, -0.2) is 8.78 Å². The van der Waals surface area contributed by atoms with Gasteiger partial charge < -0.3 is 5.32 Å². The van der Waals surface area contributed by atoms with Gasteiger partial charge in [0.05, 0.1) is 0 Å². The third-order valence-corrected chi connectivity index (χ3v) is 1.80. The number of alkyl halides is 2. The Labute approximate surface area is 95.1 Å². The maximum absolute atomic E-state index is 11.8. The monoisotopic (exact) mass is 191 g/mol. The van der Waals surface area contributed by atoms with Gasteiger partial charge in [-0.15, -0.1) is 6.04 Å². The van der Waals surface area contributed by atoms with Gasteiger partial charge in [0.2, 0.25) is 6.43 Å². The first-order valence-electron chi connectivity index (χ1n) is 4.20. The minimum atomic E-state index is -2.34. The van der Waals surface area contributed by atoms with Crippen LogP contribution in [0.1, 0.15) is 18.5 Å². The van der Waals surface area contributed by atoms with Gasteiger partial charge in [-0.05, 0) is 0 Å². The van der Waals surface area contributed by atoms with E-state index in [0.29, 0.717) is 0 Å². The molecule has 0 saturated carbocycles. The van der Waals surface area contributed by atoms with E-state index in [2.05, 4.69) is 5.32 Å². The van der Waals surface area contributed by atoms with Crippen molar-refractivity contribution in [2.24, 2.45) is 0 Å². The topological polar surface area (TPSA) is 14.1 Å². The first-order chi connectivity index (χ1) is 6.20. The molecule has 1 aromatic carbocycles. The average Bonchev–Trinajstić information content (AvgIpc) is 2.15. The van der Waals surface area contributed by atoms with Gasteiger partial charge >= 0.3 is 18.9 Å². The Balaban J connectivity index is 0.00000169. The second-order valence-corrected chi connectivity index (χ2v) is 2.84. The molecule has 0 spiro atoms. The van der Waals surface area contributed by atoms with Crippen molar-refractivity contribution in [3.8, 4) is 0 Å². The van der Waals surface area contributed by atoms with E-state index in [1.165, 1.54) is 0 Å². The van der Waals surface area contributed by atoms with Crippen molar-refractivity contribution >= 4 is 0 Å². The van der Waals surface area contributed by atoms with Crippen molar-refractivity contribution in [2.75, 3.05) is 6.54 Å². The summed E-state index contributed by atoms with van der Waals surface area (Å²) in [6.45, 7) is 1.44. The summed E-state index contributed by atoms with van der Waals surface area (Å²) >= 11 is 0. The van der Waals surface area contributed by atoms with E-state index in [1.807, 2.05) is 37.3 Å². The SMILES string of the molecule is C[C@@H]([N-]CC(F)F)c1ccccc1.[Li+]. The van der Waals surface area contributed by atoms with Crippen LogP contribution < -0.4 is 18.9 Å². The Morgan fingerprint density at radius 3 is 2.29 bits per heavy atom. The summed E-state index contributed by atoms with van der Waals surface area (Å²) in [5.74, 6) is 0. The molecular weight excluding hydrogens is 179 g/mol. The molecule has 0 saturated heterocycles. The van der Waals surface area contributed by atoms with E-state index in [1.54, 1.807) is 0 Å². The molecule has 0 bridgehead atoms. The predicted octanol–water partition coefficient (Wildman–Crippen LogP) is 0.390. The first kappa shape index (κ1) is 13.6. The molecule has 1 aromatic rings. The van der Waals surface area contributed by atoms with Gasteiger partial charge in [0, 0.05) is 0 Å². The molecule has 0 aliphatic heterocycles. The molecule has 0 aliphatic carbocycles. The van der Waals surface area contributed by atoms with Crippen molar-refractivity contribution in [2.45, 2.75) is 19.4 Å². The Morgan fingerprint density at radius 2 is 1.79 bits per heavy atom. The summed E-state index contributed by atoms with van der Waals surface area (Å²) in [6.07, 6.45) is -2.34. The molecule has 72 valence electrons. The second kappa shape index (κ2) is 7.00. The molecule has 1 atom stereocenters. The minimum Gasteiger partial charge on any atom is -0.651 e. The summed E-state index contributed by atoms with van der Waals surface area (Å²) in [6, 6.07) is 9.28. The van der Waals surface area contributed by atoms with Crippen LogP contribution in [0.4, 0.5) is 8.78 Å². The van der Waals surface area contributed by atoms with E-state index in [9.17, 15) is 8.78 Å². The smallest absolute Gasteiger partial charge is 0.651 e. The van der Waals surface area contributed by atoms with Gasteiger partial charge in [-0.2, -0.15) is 0 Å². The third-order valence-electron chi connectivity index (χ3n) is 1.80. The van der Waals surface area contributed by atoms with Crippen LogP contribution in [0.25, 0.3) is 5.32 Å². The van der Waals surface area contributed by atoms with Crippen molar-refractivity contribution in [3.05, 3.63) is 41.2 Å². The molecule has 14 heavy (non-hydrogen) atoms. The maximum Gasteiger partial charge on any atom is 1.00 e. The second-order valence-electron chi connectivity index (χ2n) is 2.84. The van der Waals surface area contributed by atoms with Crippen LogP contribution in [0.2, 0.25) is 0 Å². The zero-order chi connectivity index (χ0) is 9.68. The standard InChI is InChI=1S/C10H12F2N.Li/c1-8(13-7-10(11)12)9-5-3-2-4-6-9;/h2-6,8,10H,7H2,1H3;/q-1;+1/t8-;/m1./s1. The molecular formula is C10H12F2LiN. The average molecular weight is 191 g/mol. The molecule has 0 heterocycles. The molecule has 0 aromatic heterocycles. The fourth-order valence-electron chi connectivity index (χ4n) is 1.07. The molecule has 1 rings (SSSR count). The maximum atomic E-state index is 11.8. The number of rotatable bonds is 4. The minimum absolute atomic E-state index is 0. The van der Waals surface area contributed by atoms with Gasteiger partial charge in [-0.3, -0.25) is 0 Å². The Bertz CT molecular complexity index is 241. The van der Waals surface area contributed by atoms with Crippen LogP contribution in [0.15, 0.2) is 30.3 Å². The molecule has 1 nitrogen and oxygen atoms in total. The van der Waals surface area contributed by atoms with Crippen molar-refractivity contribution in [3.63, 3.8) is 0 Å². The number of hydrogen-bond donors (Lipinski definition) is 0. The zero-order valence-electron chi connectivity index (χ0n) is 8.45. The van der Waals surface area contributed by atoms with Gasteiger partial charge in [0.25, 0.3) is 0 Å². The first-order valence-corrected chi connectivity index (χ1v) is 4.20. The van der Waals surface area contributed by atoms with E-state index in [4.69, 9.17) is 0 Å². The fourth-order valence-corrected chi connectivity index (χ4v) is 1.07. The summed E-state index contributed by atoms with van der Waals surface area (Å²) in [5.41, 5.74) is 0.975. The van der Waals surface area contributed by atoms with Crippen LogP contribution >= 0.6 is 0 Å². The van der Waals surface area contributed by atoms with Gasteiger partial charge in [0.1, 0.15) is 0 Å². The zero-order valence-corrected chi connectivity index (χ0v) is 8.45. The van der Waals surface area contributed by atoms with Crippen molar-refractivity contribution < 1.29 is 27.6 Å². The van der Waals surface area contributed by atoms with Crippen LogP contribution in [0, 0.1) is 0 Å². The summed E-state index contributed by atoms with van der Waals surface area (Å²) < 4.78 is 23.6. The van der Waals surface area contributed by atoms with Gasteiger partial charge in [0.15, 0.2) is 0 Å².